The average molecular weight is 247 g/mol. The summed E-state index contributed by atoms with van der Waals surface area (Å²) in [6.07, 6.45) is 0. The van der Waals surface area contributed by atoms with Gasteiger partial charge in [0.15, 0.2) is 0 Å². The van der Waals surface area contributed by atoms with Gasteiger partial charge in [0.25, 0.3) is 0 Å². The van der Waals surface area contributed by atoms with Crippen LogP contribution in [0, 0.1) is 0 Å². The molecule has 0 aliphatic heterocycles. The maximum absolute atomic E-state index is 5.95. The normalized spacial score (nSPS) is 10.8. The monoisotopic (exact) mass is 246 g/mol. The molecule has 1 nitrogen and oxygen atoms in total. The maximum atomic E-state index is 5.95. The molecule has 0 spiro atoms. The molecule has 0 saturated carbocycles. The van der Waals surface area contributed by atoms with Crippen molar-refractivity contribution in [3.05, 3.63) is 28.1 Å². The number of thiophene rings is 1. The van der Waals surface area contributed by atoms with Crippen LogP contribution >= 0.6 is 34.5 Å². The fraction of sp³-hybridized carbons (Fsp3) is 0.200. The SMILES string of the molecule is COc1cc(Cl)cc2sc(CCl)cc12. The average Bonchev–Trinajstić information content (AvgIpc) is 2.59. The quantitative estimate of drug-likeness (QED) is 0.719. The minimum Gasteiger partial charge on any atom is -0.496 e. The van der Waals surface area contributed by atoms with Gasteiger partial charge in [-0.05, 0) is 18.2 Å². The van der Waals surface area contributed by atoms with Crippen molar-refractivity contribution >= 4 is 44.6 Å². The number of fused-ring (bicyclic) bond motifs is 1. The molecule has 1 heterocycles. The summed E-state index contributed by atoms with van der Waals surface area (Å²) in [4.78, 5) is 1.13. The van der Waals surface area contributed by atoms with Gasteiger partial charge < -0.3 is 4.74 Å². The standard InChI is InChI=1S/C10H8Cl2OS/c1-13-9-2-6(12)3-10-8(9)4-7(5-11)14-10/h2-4H,5H2,1H3. The van der Waals surface area contributed by atoms with Gasteiger partial charge in [-0.25, -0.2) is 0 Å². The number of ether oxygens (including phenoxy) is 1. The molecular formula is C10H8Cl2OS. The molecular weight excluding hydrogens is 239 g/mol. The topological polar surface area (TPSA) is 9.23 Å². The fourth-order valence-corrected chi connectivity index (χ4v) is 2.85. The zero-order valence-electron chi connectivity index (χ0n) is 7.51. The van der Waals surface area contributed by atoms with Gasteiger partial charge in [0, 0.05) is 20.0 Å². The largest absolute Gasteiger partial charge is 0.496 e. The van der Waals surface area contributed by atoms with E-state index in [1.54, 1.807) is 18.4 Å². The van der Waals surface area contributed by atoms with Crippen molar-refractivity contribution in [1.29, 1.82) is 0 Å². The molecule has 0 saturated heterocycles. The van der Waals surface area contributed by atoms with E-state index >= 15 is 0 Å². The molecule has 1 aromatic carbocycles. The minimum atomic E-state index is 0.528. The van der Waals surface area contributed by atoms with E-state index in [4.69, 9.17) is 27.9 Å². The number of rotatable bonds is 2. The molecule has 0 unspecified atom stereocenters. The molecule has 4 heteroatoms. The van der Waals surface area contributed by atoms with Gasteiger partial charge in [0.1, 0.15) is 5.75 Å². The summed E-state index contributed by atoms with van der Waals surface area (Å²) in [6.45, 7) is 0. The number of hydrogen-bond donors (Lipinski definition) is 0. The summed E-state index contributed by atoms with van der Waals surface area (Å²) >= 11 is 13.4. The highest BCUT2D eigenvalue weighted by Gasteiger charge is 2.07. The van der Waals surface area contributed by atoms with Gasteiger partial charge in [-0.1, -0.05) is 11.6 Å². The molecule has 2 rings (SSSR count). The summed E-state index contributed by atoms with van der Waals surface area (Å²) in [7, 11) is 1.64. The van der Waals surface area contributed by atoms with Gasteiger partial charge in [-0.2, -0.15) is 0 Å². The van der Waals surface area contributed by atoms with E-state index in [9.17, 15) is 0 Å². The first-order valence-corrected chi connectivity index (χ1v) is 5.79. The highest BCUT2D eigenvalue weighted by molar-refractivity contribution is 7.19. The molecule has 74 valence electrons. The van der Waals surface area contributed by atoms with E-state index in [2.05, 4.69) is 0 Å². The Balaban J connectivity index is 2.71. The smallest absolute Gasteiger partial charge is 0.129 e. The number of benzene rings is 1. The fourth-order valence-electron chi connectivity index (χ4n) is 1.36. The van der Waals surface area contributed by atoms with Crippen LogP contribution in [0.5, 0.6) is 5.75 Å². The number of methoxy groups -OCH3 is 1. The lowest BCUT2D eigenvalue weighted by Gasteiger charge is -2.01. The van der Waals surface area contributed by atoms with E-state index in [0.29, 0.717) is 10.9 Å². The first-order chi connectivity index (χ1) is 6.74. The summed E-state index contributed by atoms with van der Waals surface area (Å²) in [5.74, 6) is 1.33. The number of halogens is 2. The predicted molar refractivity (Wildman–Crippen MR) is 62.9 cm³/mol. The second-order valence-electron chi connectivity index (χ2n) is 2.87. The molecule has 0 atom stereocenters. The molecule has 2 aromatic rings. The second kappa shape index (κ2) is 3.97. The Morgan fingerprint density at radius 1 is 1.36 bits per heavy atom. The first kappa shape index (κ1) is 10.1. The van der Waals surface area contributed by atoms with Crippen LogP contribution in [0.2, 0.25) is 5.02 Å². The number of hydrogen-bond acceptors (Lipinski definition) is 2. The molecule has 0 amide bonds. The summed E-state index contributed by atoms with van der Waals surface area (Å²) < 4.78 is 6.36. The van der Waals surface area contributed by atoms with Gasteiger partial charge >= 0.3 is 0 Å². The molecule has 0 bridgehead atoms. The zero-order chi connectivity index (χ0) is 10.1. The van der Waals surface area contributed by atoms with E-state index in [0.717, 1.165) is 20.7 Å². The second-order valence-corrected chi connectivity index (χ2v) is 4.74. The van der Waals surface area contributed by atoms with Crippen LogP contribution in [-0.4, -0.2) is 7.11 Å². The Morgan fingerprint density at radius 3 is 2.79 bits per heavy atom. The lowest BCUT2D eigenvalue weighted by atomic mass is 10.2. The number of alkyl halides is 1. The van der Waals surface area contributed by atoms with E-state index in [1.165, 1.54) is 0 Å². The van der Waals surface area contributed by atoms with Crippen LogP contribution in [0.15, 0.2) is 18.2 Å². The molecule has 0 radical (unpaired) electrons. The summed E-state index contributed by atoms with van der Waals surface area (Å²) in [5, 5.41) is 1.77. The minimum absolute atomic E-state index is 0.528. The highest BCUT2D eigenvalue weighted by Crippen LogP contribution is 2.36. The maximum Gasteiger partial charge on any atom is 0.129 e. The lowest BCUT2D eigenvalue weighted by molar-refractivity contribution is 0.420. The third-order valence-corrected chi connectivity index (χ3v) is 3.71. The Bertz CT molecular complexity index is 464. The molecule has 14 heavy (non-hydrogen) atoms. The Kier molecular flexibility index (Phi) is 2.86. The Hall–Kier alpha value is -0.440. The van der Waals surface area contributed by atoms with Gasteiger partial charge in [-0.3, -0.25) is 0 Å². The van der Waals surface area contributed by atoms with Crippen LogP contribution in [0.25, 0.3) is 10.1 Å². The zero-order valence-corrected chi connectivity index (χ0v) is 9.84. The van der Waals surface area contributed by atoms with Crippen molar-refractivity contribution in [1.82, 2.24) is 0 Å². The Labute approximate surface area is 96.2 Å². The van der Waals surface area contributed by atoms with Crippen molar-refractivity contribution in [2.75, 3.05) is 7.11 Å². The van der Waals surface area contributed by atoms with Crippen LogP contribution in [0.3, 0.4) is 0 Å². The van der Waals surface area contributed by atoms with Gasteiger partial charge in [-0.15, -0.1) is 22.9 Å². The molecule has 0 aliphatic rings. The third-order valence-electron chi connectivity index (χ3n) is 1.97. The highest BCUT2D eigenvalue weighted by atomic mass is 35.5. The molecule has 0 aliphatic carbocycles. The van der Waals surface area contributed by atoms with Crippen molar-refractivity contribution in [2.45, 2.75) is 5.88 Å². The molecule has 0 fully saturated rings. The summed E-state index contributed by atoms with van der Waals surface area (Å²) in [5.41, 5.74) is 0. The van der Waals surface area contributed by atoms with Crippen LogP contribution in [0.4, 0.5) is 0 Å². The lowest BCUT2D eigenvalue weighted by Crippen LogP contribution is -1.82. The van der Waals surface area contributed by atoms with E-state index in [-0.39, 0.29) is 0 Å². The Morgan fingerprint density at radius 2 is 2.14 bits per heavy atom. The van der Waals surface area contributed by atoms with Crippen LogP contribution < -0.4 is 4.74 Å². The van der Waals surface area contributed by atoms with Crippen LogP contribution in [0.1, 0.15) is 4.88 Å². The van der Waals surface area contributed by atoms with Crippen LogP contribution in [-0.2, 0) is 5.88 Å². The molecule has 0 N–H and O–H groups in total. The van der Waals surface area contributed by atoms with Gasteiger partial charge in [0.05, 0.1) is 13.0 Å². The van der Waals surface area contributed by atoms with Gasteiger partial charge in [0.2, 0.25) is 0 Å². The van der Waals surface area contributed by atoms with Crippen molar-refractivity contribution in [2.24, 2.45) is 0 Å². The van der Waals surface area contributed by atoms with E-state index < -0.39 is 0 Å². The van der Waals surface area contributed by atoms with Crippen molar-refractivity contribution in [3.8, 4) is 5.75 Å². The summed E-state index contributed by atoms with van der Waals surface area (Å²) in [6, 6.07) is 5.79. The van der Waals surface area contributed by atoms with Crippen molar-refractivity contribution in [3.63, 3.8) is 0 Å². The van der Waals surface area contributed by atoms with E-state index in [1.807, 2.05) is 18.2 Å². The first-order valence-electron chi connectivity index (χ1n) is 4.06. The predicted octanol–water partition coefficient (Wildman–Crippen LogP) is 4.30. The third kappa shape index (κ3) is 1.70. The van der Waals surface area contributed by atoms with Crippen molar-refractivity contribution < 1.29 is 4.74 Å². The molecule has 1 aromatic heterocycles.